The zero-order valence-electron chi connectivity index (χ0n) is 10.3. The summed E-state index contributed by atoms with van der Waals surface area (Å²) in [6.07, 6.45) is 3.29. The van der Waals surface area contributed by atoms with Crippen LogP contribution in [0, 0.1) is 5.92 Å². The van der Waals surface area contributed by atoms with E-state index in [4.69, 9.17) is 0 Å². The van der Waals surface area contributed by atoms with E-state index in [-0.39, 0.29) is 5.92 Å². The van der Waals surface area contributed by atoms with Crippen molar-refractivity contribution in [1.82, 2.24) is 9.80 Å². The molecule has 15 heavy (non-hydrogen) atoms. The Kier molecular flexibility index (Phi) is 5.09. The van der Waals surface area contributed by atoms with Gasteiger partial charge in [0.1, 0.15) is 0 Å². The van der Waals surface area contributed by atoms with Crippen molar-refractivity contribution < 1.29 is 4.79 Å². The van der Waals surface area contributed by atoms with Gasteiger partial charge in [-0.1, -0.05) is 13.8 Å². The lowest BCUT2D eigenvalue weighted by atomic mass is 9.96. The summed E-state index contributed by atoms with van der Waals surface area (Å²) in [5.74, 6) is 0.588. The summed E-state index contributed by atoms with van der Waals surface area (Å²) in [6.45, 7) is 8.37. The summed E-state index contributed by atoms with van der Waals surface area (Å²) in [5, 5.41) is 0. The highest BCUT2D eigenvalue weighted by Gasteiger charge is 2.26. The maximum Gasteiger partial charge on any atom is 0.226 e. The Hall–Kier alpha value is -0.570. The minimum Gasteiger partial charge on any atom is -0.345 e. The van der Waals surface area contributed by atoms with Gasteiger partial charge in [0, 0.05) is 20.1 Å². The minimum absolute atomic E-state index is 0.246. The molecule has 0 bridgehead atoms. The molecule has 1 unspecified atom stereocenters. The number of likely N-dealkylation sites (tertiary alicyclic amines) is 1. The van der Waals surface area contributed by atoms with E-state index in [9.17, 15) is 4.79 Å². The smallest absolute Gasteiger partial charge is 0.226 e. The third-order valence-corrected chi connectivity index (χ3v) is 3.24. The van der Waals surface area contributed by atoms with Crippen molar-refractivity contribution in [2.24, 2.45) is 5.92 Å². The lowest BCUT2D eigenvalue weighted by Gasteiger charge is -2.33. The molecule has 0 saturated carbocycles. The van der Waals surface area contributed by atoms with Crippen molar-refractivity contribution in [3.05, 3.63) is 0 Å². The van der Waals surface area contributed by atoms with Crippen LogP contribution in [0.25, 0.3) is 0 Å². The normalized spacial score (nSPS) is 22.7. The van der Waals surface area contributed by atoms with E-state index >= 15 is 0 Å². The molecule has 1 aliphatic rings. The molecule has 0 radical (unpaired) electrons. The Labute approximate surface area is 93.4 Å². The van der Waals surface area contributed by atoms with Gasteiger partial charge < -0.3 is 9.80 Å². The van der Waals surface area contributed by atoms with Gasteiger partial charge in [-0.2, -0.15) is 0 Å². The molecule has 1 heterocycles. The highest BCUT2D eigenvalue weighted by Crippen LogP contribution is 2.18. The molecule has 0 aromatic rings. The summed E-state index contributed by atoms with van der Waals surface area (Å²) in [7, 11) is 1.93. The van der Waals surface area contributed by atoms with E-state index in [2.05, 4.69) is 18.7 Å². The van der Waals surface area contributed by atoms with Crippen LogP contribution in [-0.2, 0) is 4.79 Å². The second-order valence-corrected chi connectivity index (χ2v) is 4.49. The molecule has 0 aromatic heterocycles. The molecule has 0 aliphatic carbocycles. The molecule has 0 aromatic carbocycles. The van der Waals surface area contributed by atoms with Crippen molar-refractivity contribution in [3.8, 4) is 0 Å². The summed E-state index contributed by atoms with van der Waals surface area (Å²) in [6, 6.07) is 0. The Morgan fingerprint density at radius 1 is 1.47 bits per heavy atom. The number of amides is 1. The van der Waals surface area contributed by atoms with Gasteiger partial charge in [0.15, 0.2) is 0 Å². The summed E-state index contributed by atoms with van der Waals surface area (Å²) < 4.78 is 0. The van der Waals surface area contributed by atoms with E-state index in [1.807, 2.05) is 11.9 Å². The van der Waals surface area contributed by atoms with Crippen LogP contribution in [0.2, 0.25) is 0 Å². The topological polar surface area (TPSA) is 23.6 Å². The predicted molar refractivity (Wildman–Crippen MR) is 62.8 cm³/mol. The molecular weight excluding hydrogens is 188 g/mol. The van der Waals surface area contributed by atoms with Gasteiger partial charge in [-0.05, 0) is 32.4 Å². The summed E-state index contributed by atoms with van der Waals surface area (Å²) >= 11 is 0. The fourth-order valence-electron chi connectivity index (χ4n) is 2.30. The molecule has 1 fully saturated rings. The van der Waals surface area contributed by atoms with Crippen molar-refractivity contribution in [2.45, 2.75) is 33.1 Å². The van der Waals surface area contributed by atoms with Crippen molar-refractivity contribution in [2.75, 3.05) is 33.2 Å². The number of hydrogen-bond donors (Lipinski definition) is 0. The minimum atomic E-state index is 0.246. The standard InChI is InChI=1S/C12H24N2O/c1-4-8-13(3)12(15)11-7-6-9-14(5-2)10-11/h11H,4-10H2,1-3H3. The maximum atomic E-state index is 12.0. The van der Waals surface area contributed by atoms with E-state index in [1.165, 1.54) is 6.42 Å². The molecule has 0 spiro atoms. The molecule has 1 amide bonds. The number of rotatable bonds is 4. The van der Waals surface area contributed by atoms with Crippen LogP contribution in [0.15, 0.2) is 0 Å². The number of hydrogen-bond acceptors (Lipinski definition) is 2. The number of piperidine rings is 1. The van der Waals surface area contributed by atoms with Gasteiger partial charge in [-0.25, -0.2) is 0 Å². The fourth-order valence-corrected chi connectivity index (χ4v) is 2.30. The molecule has 3 heteroatoms. The molecule has 0 N–H and O–H groups in total. The average molecular weight is 212 g/mol. The lowest BCUT2D eigenvalue weighted by molar-refractivity contribution is -0.136. The van der Waals surface area contributed by atoms with Crippen LogP contribution >= 0.6 is 0 Å². The molecule has 1 atom stereocenters. The Balaban J connectivity index is 2.44. The highest BCUT2D eigenvalue weighted by atomic mass is 16.2. The monoisotopic (exact) mass is 212 g/mol. The highest BCUT2D eigenvalue weighted by molar-refractivity contribution is 5.78. The van der Waals surface area contributed by atoms with Gasteiger partial charge in [0.25, 0.3) is 0 Å². The molecule has 1 saturated heterocycles. The largest absolute Gasteiger partial charge is 0.345 e. The van der Waals surface area contributed by atoms with E-state index in [1.54, 1.807) is 0 Å². The average Bonchev–Trinajstić information content (AvgIpc) is 2.28. The molecule has 88 valence electrons. The van der Waals surface area contributed by atoms with Crippen LogP contribution in [0.3, 0.4) is 0 Å². The number of carbonyl (C=O) groups is 1. The van der Waals surface area contributed by atoms with Crippen LogP contribution in [0.5, 0.6) is 0 Å². The molecule has 1 aliphatic heterocycles. The predicted octanol–water partition coefficient (Wildman–Crippen LogP) is 1.59. The van der Waals surface area contributed by atoms with E-state index < -0.39 is 0 Å². The van der Waals surface area contributed by atoms with Gasteiger partial charge in [0.05, 0.1) is 5.92 Å². The number of nitrogens with zero attached hydrogens (tertiary/aromatic N) is 2. The van der Waals surface area contributed by atoms with Gasteiger partial charge in [-0.15, -0.1) is 0 Å². The van der Waals surface area contributed by atoms with Crippen molar-refractivity contribution in [1.29, 1.82) is 0 Å². The third kappa shape index (κ3) is 3.49. The second kappa shape index (κ2) is 6.11. The zero-order chi connectivity index (χ0) is 11.3. The van der Waals surface area contributed by atoms with Crippen LogP contribution in [0.1, 0.15) is 33.1 Å². The lowest BCUT2D eigenvalue weighted by Crippen LogP contribution is -2.43. The fraction of sp³-hybridized carbons (Fsp3) is 0.917. The first-order valence-electron chi connectivity index (χ1n) is 6.16. The SMILES string of the molecule is CCCN(C)C(=O)C1CCCN(CC)C1. The molecule has 3 nitrogen and oxygen atoms in total. The first kappa shape index (κ1) is 12.5. The van der Waals surface area contributed by atoms with Gasteiger partial charge >= 0.3 is 0 Å². The Morgan fingerprint density at radius 2 is 2.20 bits per heavy atom. The zero-order valence-corrected chi connectivity index (χ0v) is 10.3. The van der Waals surface area contributed by atoms with Gasteiger partial charge in [0.2, 0.25) is 5.91 Å². The first-order chi connectivity index (χ1) is 7.19. The van der Waals surface area contributed by atoms with Gasteiger partial charge in [-0.3, -0.25) is 4.79 Å². The summed E-state index contributed by atoms with van der Waals surface area (Å²) in [5.41, 5.74) is 0. The van der Waals surface area contributed by atoms with Crippen molar-refractivity contribution >= 4 is 5.91 Å². The van der Waals surface area contributed by atoms with E-state index in [0.717, 1.165) is 39.0 Å². The second-order valence-electron chi connectivity index (χ2n) is 4.49. The number of carbonyl (C=O) groups excluding carboxylic acids is 1. The van der Waals surface area contributed by atoms with Crippen LogP contribution in [0.4, 0.5) is 0 Å². The molecular formula is C12H24N2O. The maximum absolute atomic E-state index is 12.0. The first-order valence-corrected chi connectivity index (χ1v) is 6.16. The quantitative estimate of drug-likeness (QED) is 0.706. The van der Waals surface area contributed by atoms with Crippen LogP contribution < -0.4 is 0 Å². The Morgan fingerprint density at radius 3 is 2.80 bits per heavy atom. The van der Waals surface area contributed by atoms with Crippen LogP contribution in [-0.4, -0.2) is 48.9 Å². The summed E-state index contributed by atoms with van der Waals surface area (Å²) in [4.78, 5) is 16.3. The third-order valence-electron chi connectivity index (χ3n) is 3.24. The van der Waals surface area contributed by atoms with E-state index in [0.29, 0.717) is 5.91 Å². The van der Waals surface area contributed by atoms with Crippen molar-refractivity contribution in [3.63, 3.8) is 0 Å². The Bertz CT molecular complexity index is 206. The molecule has 1 rings (SSSR count).